The number of hydrogen-bond donors (Lipinski definition) is 0. The van der Waals surface area contributed by atoms with Crippen molar-refractivity contribution in [1.82, 2.24) is 19.7 Å². The molecule has 1 aromatic heterocycles. The number of urea groups is 1. The molecule has 0 aliphatic carbocycles. The topological polar surface area (TPSA) is 54.3 Å². The van der Waals surface area contributed by atoms with Crippen molar-refractivity contribution < 1.29 is 4.79 Å². The molecule has 110 valence electrons. The van der Waals surface area contributed by atoms with E-state index in [1.54, 1.807) is 40.0 Å². The van der Waals surface area contributed by atoms with Crippen molar-refractivity contribution in [2.75, 3.05) is 11.9 Å². The summed E-state index contributed by atoms with van der Waals surface area (Å²) in [6.07, 6.45) is 2.82. The van der Waals surface area contributed by atoms with Crippen LogP contribution in [0.1, 0.15) is 20.0 Å². The number of anilines is 1. The molecule has 1 aliphatic heterocycles. The number of halogens is 1. The standard InChI is InChI=1S/C14H16ClN5O/c1-14(2)12(19-9-16-8-17-19)20(13(21)18(14)3)11-6-4-10(15)5-7-11/h4-9,12H,1-3H3. The zero-order valence-electron chi connectivity index (χ0n) is 12.1. The third-order valence-corrected chi connectivity index (χ3v) is 4.28. The van der Waals surface area contributed by atoms with Gasteiger partial charge >= 0.3 is 6.03 Å². The Morgan fingerprint density at radius 2 is 1.90 bits per heavy atom. The number of aromatic nitrogens is 3. The number of carbonyl (C=O) groups excluding carboxylic acids is 1. The van der Waals surface area contributed by atoms with Crippen molar-refractivity contribution in [3.8, 4) is 0 Å². The van der Waals surface area contributed by atoms with Crippen LogP contribution in [0.25, 0.3) is 0 Å². The van der Waals surface area contributed by atoms with Gasteiger partial charge in [-0.2, -0.15) is 5.10 Å². The molecule has 0 radical (unpaired) electrons. The van der Waals surface area contributed by atoms with Crippen LogP contribution in [0.2, 0.25) is 5.02 Å². The van der Waals surface area contributed by atoms with Crippen LogP contribution < -0.4 is 4.90 Å². The summed E-state index contributed by atoms with van der Waals surface area (Å²) >= 11 is 5.93. The minimum Gasteiger partial charge on any atom is -0.318 e. The summed E-state index contributed by atoms with van der Waals surface area (Å²) in [6, 6.07) is 7.13. The molecule has 0 N–H and O–H groups in total. The van der Waals surface area contributed by atoms with Gasteiger partial charge in [0, 0.05) is 17.8 Å². The zero-order chi connectivity index (χ0) is 15.2. The maximum atomic E-state index is 12.7. The van der Waals surface area contributed by atoms with Gasteiger partial charge < -0.3 is 4.90 Å². The summed E-state index contributed by atoms with van der Waals surface area (Å²) in [6.45, 7) is 4.01. The number of carbonyl (C=O) groups is 1. The van der Waals surface area contributed by atoms with E-state index in [-0.39, 0.29) is 12.2 Å². The Bertz CT molecular complexity index is 653. The van der Waals surface area contributed by atoms with Gasteiger partial charge in [-0.1, -0.05) is 11.6 Å². The maximum absolute atomic E-state index is 12.7. The van der Waals surface area contributed by atoms with Gasteiger partial charge in [-0.25, -0.2) is 14.5 Å². The van der Waals surface area contributed by atoms with Gasteiger partial charge in [-0.15, -0.1) is 0 Å². The van der Waals surface area contributed by atoms with Gasteiger partial charge in [-0.3, -0.25) is 4.90 Å². The van der Waals surface area contributed by atoms with Crippen LogP contribution in [0.3, 0.4) is 0 Å². The fraction of sp³-hybridized carbons (Fsp3) is 0.357. The summed E-state index contributed by atoms with van der Waals surface area (Å²) in [5.74, 6) is 0. The van der Waals surface area contributed by atoms with E-state index < -0.39 is 5.54 Å². The molecule has 1 saturated heterocycles. The van der Waals surface area contributed by atoms with E-state index in [0.29, 0.717) is 5.02 Å². The average molecular weight is 306 g/mol. The number of rotatable bonds is 2. The lowest BCUT2D eigenvalue weighted by Crippen LogP contribution is -2.42. The number of amides is 2. The Balaban J connectivity index is 2.12. The fourth-order valence-electron chi connectivity index (χ4n) is 2.64. The van der Waals surface area contributed by atoms with Crippen molar-refractivity contribution in [2.24, 2.45) is 0 Å². The Kier molecular flexibility index (Phi) is 3.13. The lowest BCUT2D eigenvalue weighted by Gasteiger charge is -2.33. The number of nitrogens with zero attached hydrogens (tertiary/aromatic N) is 5. The van der Waals surface area contributed by atoms with Crippen molar-refractivity contribution in [2.45, 2.75) is 25.6 Å². The van der Waals surface area contributed by atoms with E-state index in [1.165, 1.54) is 6.33 Å². The van der Waals surface area contributed by atoms with E-state index in [4.69, 9.17) is 11.6 Å². The Morgan fingerprint density at radius 3 is 2.48 bits per heavy atom. The van der Waals surface area contributed by atoms with Gasteiger partial charge in [0.1, 0.15) is 12.7 Å². The third-order valence-electron chi connectivity index (χ3n) is 4.03. The molecular formula is C14H16ClN5O. The van der Waals surface area contributed by atoms with Crippen molar-refractivity contribution in [1.29, 1.82) is 0 Å². The third kappa shape index (κ3) is 2.06. The predicted octanol–water partition coefficient (Wildman–Crippen LogP) is 2.78. The van der Waals surface area contributed by atoms with E-state index in [1.807, 2.05) is 26.0 Å². The van der Waals surface area contributed by atoms with E-state index in [9.17, 15) is 4.79 Å². The minimum atomic E-state index is -0.426. The fourth-order valence-corrected chi connectivity index (χ4v) is 2.77. The first-order chi connectivity index (χ1) is 9.93. The lowest BCUT2D eigenvalue weighted by atomic mass is 10.0. The molecule has 1 unspecified atom stereocenters. The van der Waals surface area contributed by atoms with Gasteiger partial charge in [0.05, 0.1) is 5.54 Å². The second-order valence-electron chi connectivity index (χ2n) is 5.59. The predicted molar refractivity (Wildman–Crippen MR) is 80.2 cm³/mol. The average Bonchev–Trinajstić information content (AvgIpc) is 3.02. The highest BCUT2D eigenvalue weighted by molar-refractivity contribution is 6.30. The van der Waals surface area contributed by atoms with E-state index in [2.05, 4.69) is 10.1 Å². The van der Waals surface area contributed by atoms with Crippen LogP contribution in [0.5, 0.6) is 0 Å². The molecule has 1 aromatic carbocycles. The van der Waals surface area contributed by atoms with E-state index in [0.717, 1.165) is 5.69 Å². The molecule has 1 atom stereocenters. The first kappa shape index (κ1) is 13.9. The van der Waals surface area contributed by atoms with Gasteiger partial charge in [0.15, 0.2) is 6.17 Å². The van der Waals surface area contributed by atoms with Gasteiger partial charge in [-0.05, 0) is 38.1 Å². The Morgan fingerprint density at radius 1 is 1.24 bits per heavy atom. The summed E-state index contributed by atoms with van der Waals surface area (Å²) in [4.78, 5) is 20.1. The van der Waals surface area contributed by atoms with Crippen LogP contribution in [0.4, 0.5) is 10.5 Å². The monoisotopic (exact) mass is 305 g/mol. The second kappa shape index (κ2) is 4.73. The Labute approximate surface area is 127 Å². The Hall–Kier alpha value is -2.08. The molecule has 2 aromatic rings. The molecule has 1 fully saturated rings. The first-order valence-electron chi connectivity index (χ1n) is 6.59. The molecule has 7 heteroatoms. The highest BCUT2D eigenvalue weighted by atomic mass is 35.5. The molecule has 21 heavy (non-hydrogen) atoms. The molecule has 6 nitrogen and oxygen atoms in total. The van der Waals surface area contributed by atoms with Crippen LogP contribution in [-0.2, 0) is 0 Å². The molecule has 3 rings (SSSR count). The lowest BCUT2D eigenvalue weighted by molar-refractivity contribution is 0.168. The first-order valence-corrected chi connectivity index (χ1v) is 6.97. The SMILES string of the molecule is CN1C(=O)N(c2ccc(Cl)cc2)C(n2cncn2)C1(C)C. The minimum absolute atomic E-state index is 0.0807. The normalized spacial score (nSPS) is 21.1. The molecule has 0 saturated carbocycles. The largest absolute Gasteiger partial charge is 0.326 e. The second-order valence-corrected chi connectivity index (χ2v) is 6.03. The van der Waals surface area contributed by atoms with Gasteiger partial charge in [0.25, 0.3) is 0 Å². The number of likely N-dealkylation sites (N-methyl/N-ethyl adjacent to an activating group) is 1. The smallest absolute Gasteiger partial charge is 0.318 e. The van der Waals surface area contributed by atoms with E-state index >= 15 is 0 Å². The molecule has 0 spiro atoms. The van der Waals surface area contributed by atoms with Crippen molar-refractivity contribution in [3.05, 3.63) is 41.9 Å². The molecule has 1 aliphatic rings. The number of hydrogen-bond acceptors (Lipinski definition) is 3. The van der Waals surface area contributed by atoms with Gasteiger partial charge in [0.2, 0.25) is 0 Å². The molecular weight excluding hydrogens is 290 g/mol. The summed E-state index contributed by atoms with van der Waals surface area (Å²) < 4.78 is 1.70. The highest BCUT2D eigenvalue weighted by Gasteiger charge is 2.51. The highest BCUT2D eigenvalue weighted by Crippen LogP contribution is 2.41. The van der Waals surface area contributed by atoms with Crippen LogP contribution in [0, 0.1) is 0 Å². The molecule has 0 bridgehead atoms. The molecule has 2 amide bonds. The zero-order valence-corrected chi connectivity index (χ0v) is 12.8. The van der Waals surface area contributed by atoms with Crippen LogP contribution in [0.15, 0.2) is 36.9 Å². The van der Waals surface area contributed by atoms with Crippen molar-refractivity contribution in [3.63, 3.8) is 0 Å². The summed E-state index contributed by atoms with van der Waals surface area (Å²) in [5.41, 5.74) is 0.354. The van der Waals surface area contributed by atoms with Crippen LogP contribution in [-0.4, -0.2) is 38.3 Å². The van der Waals surface area contributed by atoms with Crippen molar-refractivity contribution >= 4 is 23.3 Å². The summed E-state index contributed by atoms with van der Waals surface area (Å²) in [5, 5.41) is 4.85. The molecule has 2 heterocycles. The van der Waals surface area contributed by atoms with Crippen LogP contribution >= 0.6 is 11.6 Å². The summed E-state index contributed by atoms with van der Waals surface area (Å²) in [7, 11) is 1.79. The quantitative estimate of drug-likeness (QED) is 0.857. The number of benzene rings is 1. The maximum Gasteiger partial charge on any atom is 0.326 e.